The molecule has 0 fully saturated rings. The van der Waals surface area contributed by atoms with E-state index in [1.807, 2.05) is 20.8 Å². The van der Waals surface area contributed by atoms with Crippen LogP contribution in [0.3, 0.4) is 0 Å². The summed E-state index contributed by atoms with van der Waals surface area (Å²) in [4.78, 5) is 28.4. The van der Waals surface area contributed by atoms with Crippen molar-refractivity contribution in [3.63, 3.8) is 0 Å². The Morgan fingerprint density at radius 3 is 2.26 bits per heavy atom. The minimum Gasteiger partial charge on any atom is -0.465 e. The predicted molar refractivity (Wildman–Crippen MR) is 90.5 cm³/mol. The smallest absolute Gasteiger partial charge is 0.340 e. The highest BCUT2D eigenvalue weighted by Gasteiger charge is 2.32. The van der Waals surface area contributed by atoms with Crippen molar-refractivity contribution < 1.29 is 14.3 Å². The number of aromatic amines is 1. The lowest BCUT2D eigenvalue weighted by Crippen LogP contribution is -2.19. The number of ketones is 1. The van der Waals surface area contributed by atoms with Gasteiger partial charge >= 0.3 is 5.97 Å². The third-order valence-electron chi connectivity index (χ3n) is 3.67. The Morgan fingerprint density at radius 2 is 1.74 bits per heavy atom. The molecule has 0 atom stereocenters. The van der Waals surface area contributed by atoms with E-state index in [1.54, 1.807) is 31.2 Å². The first-order valence-electron chi connectivity index (χ1n) is 7.29. The third kappa shape index (κ3) is 3.17. The first-order valence-corrected chi connectivity index (χ1v) is 7.66. The lowest BCUT2D eigenvalue weighted by Gasteiger charge is -2.19. The van der Waals surface area contributed by atoms with Crippen molar-refractivity contribution in [1.82, 2.24) is 4.98 Å². The van der Waals surface area contributed by atoms with E-state index >= 15 is 0 Å². The highest BCUT2D eigenvalue weighted by atomic mass is 35.5. The molecule has 0 bridgehead atoms. The number of rotatable bonds is 3. The average molecular weight is 334 g/mol. The number of aryl methyl sites for hydroxylation is 1. The van der Waals surface area contributed by atoms with Gasteiger partial charge in [0.05, 0.1) is 23.3 Å². The molecule has 1 N–H and O–H groups in total. The molecule has 0 radical (unpaired) electrons. The highest BCUT2D eigenvalue weighted by molar-refractivity contribution is 6.35. The van der Waals surface area contributed by atoms with Gasteiger partial charge in [0.1, 0.15) is 0 Å². The number of esters is 1. The molecule has 2 rings (SSSR count). The maximum Gasteiger partial charge on any atom is 0.340 e. The van der Waals surface area contributed by atoms with Crippen molar-refractivity contribution >= 4 is 23.4 Å². The van der Waals surface area contributed by atoms with Crippen LogP contribution < -0.4 is 0 Å². The number of halogens is 1. The van der Waals surface area contributed by atoms with Crippen LogP contribution in [-0.2, 0) is 10.2 Å². The summed E-state index contributed by atoms with van der Waals surface area (Å²) in [6, 6.07) is 6.81. The maximum absolute atomic E-state index is 13.1. The molecular formula is C18H20ClNO3. The number of ether oxygens (including phenoxy) is 1. The van der Waals surface area contributed by atoms with E-state index in [4.69, 9.17) is 16.3 Å². The molecule has 0 unspecified atom stereocenters. The van der Waals surface area contributed by atoms with Crippen molar-refractivity contribution in [3.8, 4) is 0 Å². The summed E-state index contributed by atoms with van der Waals surface area (Å²) in [5.74, 6) is -0.824. The average Bonchev–Trinajstić information content (AvgIpc) is 2.84. The molecule has 122 valence electrons. The predicted octanol–water partition coefficient (Wildman–Crippen LogP) is 4.29. The van der Waals surface area contributed by atoms with Gasteiger partial charge in [-0.25, -0.2) is 4.79 Å². The summed E-state index contributed by atoms with van der Waals surface area (Å²) in [7, 11) is 1.30. The summed E-state index contributed by atoms with van der Waals surface area (Å²) in [6.45, 7) is 7.68. The molecule has 5 heteroatoms. The SMILES string of the molecule is COC(=O)c1c(C)[nH]c(C(C)(C)C)c1C(=O)c1ccccc1Cl. The number of H-pyrrole nitrogens is 1. The number of nitrogens with one attached hydrogen (secondary N) is 1. The largest absolute Gasteiger partial charge is 0.465 e. The molecule has 0 saturated carbocycles. The molecule has 0 saturated heterocycles. The van der Waals surface area contributed by atoms with Gasteiger partial charge in [-0.15, -0.1) is 0 Å². The van der Waals surface area contributed by atoms with Crippen LogP contribution in [0.2, 0.25) is 5.02 Å². The van der Waals surface area contributed by atoms with E-state index < -0.39 is 5.97 Å². The van der Waals surface area contributed by atoms with Gasteiger partial charge in [0.2, 0.25) is 0 Å². The number of aromatic nitrogens is 1. The minimum absolute atomic E-state index is 0.266. The van der Waals surface area contributed by atoms with Gasteiger partial charge in [-0.1, -0.05) is 44.5 Å². The van der Waals surface area contributed by atoms with Crippen molar-refractivity contribution in [2.75, 3.05) is 7.11 Å². The molecule has 0 aliphatic carbocycles. The van der Waals surface area contributed by atoms with Gasteiger partial charge < -0.3 is 9.72 Å². The van der Waals surface area contributed by atoms with Crippen LogP contribution >= 0.6 is 11.6 Å². The summed E-state index contributed by atoms with van der Waals surface area (Å²) >= 11 is 6.16. The van der Waals surface area contributed by atoms with Gasteiger partial charge in [0, 0.05) is 22.4 Å². The zero-order valence-corrected chi connectivity index (χ0v) is 14.7. The summed E-state index contributed by atoms with van der Waals surface area (Å²) in [5.41, 5.74) is 1.92. The first-order chi connectivity index (χ1) is 10.7. The second-order valence-electron chi connectivity index (χ2n) is 6.43. The Hall–Kier alpha value is -2.07. The number of carbonyl (C=O) groups excluding carboxylic acids is 2. The quantitative estimate of drug-likeness (QED) is 0.673. The normalized spacial score (nSPS) is 11.4. The van der Waals surface area contributed by atoms with Gasteiger partial charge in [-0.05, 0) is 19.1 Å². The molecule has 23 heavy (non-hydrogen) atoms. The molecule has 4 nitrogen and oxygen atoms in total. The first kappa shape index (κ1) is 17.3. The van der Waals surface area contributed by atoms with Crippen LogP contribution in [-0.4, -0.2) is 23.8 Å². The van der Waals surface area contributed by atoms with E-state index in [9.17, 15) is 9.59 Å². The Labute approximate surface area is 140 Å². The van der Waals surface area contributed by atoms with E-state index in [0.29, 0.717) is 27.5 Å². The van der Waals surface area contributed by atoms with Gasteiger partial charge in [0.15, 0.2) is 5.78 Å². The molecule has 0 spiro atoms. The Balaban J connectivity index is 2.76. The van der Waals surface area contributed by atoms with Gasteiger partial charge in [-0.2, -0.15) is 0 Å². The number of benzene rings is 1. The Kier molecular flexibility index (Phi) is 4.66. The van der Waals surface area contributed by atoms with Crippen molar-refractivity contribution in [3.05, 3.63) is 57.4 Å². The van der Waals surface area contributed by atoms with Crippen LogP contribution in [0.4, 0.5) is 0 Å². The molecule has 1 aromatic heterocycles. The van der Waals surface area contributed by atoms with E-state index in [1.165, 1.54) is 7.11 Å². The fraction of sp³-hybridized carbons (Fsp3) is 0.333. The van der Waals surface area contributed by atoms with Crippen LogP contribution in [0.15, 0.2) is 24.3 Å². The number of methoxy groups -OCH3 is 1. The van der Waals surface area contributed by atoms with Crippen LogP contribution in [0.25, 0.3) is 0 Å². The van der Waals surface area contributed by atoms with Gasteiger partial charge in [0.25, 0.3) is 0 Å². The lowest BCUT2D eigenvalue weighted by molar-refractivity contribution is 0.0597. The monoisotopic (exact) mass is 333 g/mol. The summed E-state index contributed by atoms with van der Waals surface area (Å²) in [6.07, 6.45) is 0. The Morgan fingerprint density at radius 1 is 1.13 bits per heavy atom. The van der Waals surface area contributed by atoms with Crippen molar-refractivity contribution in [2.45, 2.75) is 33.1 Å². The van der Waals surface area contributed by atoms with Crippen molar-refractivity contribution in [1.29, 1.82) is 0 Å². The molecule has 1 aromatic carbocycles. The van der Waals surface area contributed by atoms with Crippen molar-refractivity contribution in [2.24, 2.45) is 0 Å². The molecule has 1 heterocycles. The van der Waals surface area contributed by atoms with Crippen LogP contribution in [0, 0.1) is 6.92 Å². The van der Waals surface area contributed by atoms with E-state index in [-0.39, 0.29) is 16.8 Å². The van der Waals surface area contributed by atoms with Gasteiger partial charge in [-0.3, -0.25) is 4.79 Å². The molecular weight excluding hydrogens is 314 g/mol. The summed E-state index contributed by atoms with van der Waals surface area (Å²) in [5, 5.41) is 0.354. The number of carbonyl (C=O) groups is 2. The van der Waals surface area contributed by atoms with Crippen LogP contribution in [0.1, 0.15) is 58.4 Å². The molecule has 0 aliphatic heterocycles. The van der Waals surface area contributed by atoms with Crippen LogP contribution in [0.5, 0.6) is 0 Å². The fourth-order valence-electron chi connectivity index (χ4n) is 2.55. The fourth-order valence-corrected chi connectivity index (χ4v) is 2.77. The second-order valence-corrected chi connectivity index (χ2v) is 6.83. The van der Waals surface area contributed by atoms with E-state index in [0.717, 1.165) is 0 Å². The van der Waals surface area contributed by atoms with E-state index in [2.05, 4.69) is 4.98 Å². The minimum atomic E-state index is -0.537. The zero-order chi connectivity index (χ0) is 17.4. The maximum atomic E-state index is 13.1. The lowest BCUT2D eigenvalue weighted by atomic mass is 9.86. The standard InChI is InChI=1S/C18H20ClNO3/c1-10-13(17(22)23-5)14(16(20-10)18(2,3)4)15(21)11-8-6-7-9-12(11)19/h6-9,20H,1-5H3. The summed E-state index contributed by atoms with van der Waals surface area (Å²) < 4.78 is 4.86. The molecule has 2 aromatic rings. The number of hydrogen-bond acceptors (Lipinski definition) is 3. The highest BCUT2D eigenvalue weighted by Crippen LogP contribution is 2.33. The second kappa shape index (κ2) is 6.20. The number of hydrogen-bond donors (Lipinski definition) is 1. The molecule has 0 aliphatic rings. The third-order valence-corrected chi connectivity index (χ3v) is 4.00. The Bertz CT molecular complexity index is 769. The molecule has 0 amide bonds. The topological polar surface area (TPSA) is 59.2 Å². The zero-order valence-electron chi connectivity index (χ0n) is 13.9.